The molecule has 0 bridgehead atoms. The molecular weight excluding hydrogens is 735 g/mol. The van der Waals surface area contributed by atoms with Gasteiger partial charge in [-0.1, -0.05) is 34.6 Å². The maximum Gasteiger partial charge on any atom is 0.329 e. The molecule has 2 heterocycles. The molecule has 17 nitrogen and oxygen atoms in total. The molecule has 2 unspecified atom stereocenters. The van der Waals surface area contributed by atoms with E-state index in [0.717, 1.165) is 5.69 Å². The Labute approximate surface area is 317 Å². The van der Waals surface area contributed by atoms with Crippen LogP contribution in [0.25, 0.3) is 11.4 Å². The highest BCUT2D eigenvalue weighted by Gasteiger charge is 2.40. The number of tetrazole rings is 1. The van der Waals surface area contributed by atoms with Crippen molar-refractivity contribution in [3.05, 3.63) is 118 Å². The summed E-state index contributed by atoms with van der Waals surface area (Å²) in [4.78, 5) is 41.6. The third-order valence-corrected chi connectivity index (χ3v) is 8.96. The van der Waals surface area contributed by atoms with Gasteiger partial charge in [0.2, 0.25) is 4.77 Å². The van der Waals surface area contributed by atoms with E-state index in [1.165, 1.54) is 41.0 Å². The Kier molecular flexibility index (Phi) is 11.1. The molecule has 0 radical (unpaired) electrons. The number of anilines is 4. The van der Waals surface area contributed by atoms with E-state index >= 15 is 0 Å². The first-order valence-electron chi connectivity index (χ1n) is 16.1. The first-order valence-corrected chi connectivity index (χ1v) is 16.9. The second-order valence-corrected chi connectivity index (χ2v) is 12.6. The number of aliphatic carboxylic acids is 2. The van der Waals surface area contributed by atoms with Crippen molar-refractivity contribution >= 4 is 65.0 Å². The number of aromatic nitrogens is 7. The van der Waals surface area contributed by atoms with Crippen LogP contribution in [0.2, 0.25) is 0 Å². The van der Waals surface area contributed by atoms with Gasteiger partial charge in [0.05, 0.1) is 11.4 Å². The predicted octanol–water partition coefficient (Wildman–Crippen LogP) is 4.75. The van der Waals surface area contributed by atoms with Crippen LogP contribution in [0.5, 0.6) is 5.75 Å². The lowest BCUT2D eigenvalue weighted by Gasteiger charge is -2.36. The molecule has 6 N–H and O–H groups in total. The highest BCUT2D eigenvalue weighted by molar-refractivity contribution is 7.71. The van der Waals surface area contributed by atoms with Gasteiger partial charge in [-0.05, 0) is 91.2 Å². The summed E-state index contributed by atoms with van der Waals surface area (Å²) in [5.41, 5.74) is 3.54. The summed E-state index contributed by atoms with van der Waals surface area (Å²) >= 11 is 10.4. The van der Waals surface area contributed by atoms with Crippen molar-refractivity contribution in [3.63, 3.8) is 0 Å². The monoisotopic (exact) mass is 767 g/mol. The number of benzene rings is 4. The minimum atomic E-state index is -1.58. The molecule has 54 heavy (non-hydrogen) atoms. The number of hydrogen-bond donors (Lipinski definition) is 6. The Morgan fingerprint density at radius 2 is 1.46 bits per heavy atom. The molecule has 0 spiro atoms. The van der Waals surface area contributed by atoms with Crippen LogP contribution in [-0.2, 0) is 9.59 Å². The van der Waals surface area contributed by atoms with Crippen LogP contribution in [0.4, 0.5) is 22.7 Å². The molecule has 4 aromatic carbocycles. The number of nitrogens with zero attached hydrogens (tertiary/aromatic N) is 7. The maximum absolute atomic E-state index is 13.3. The van der Waals surface area contributed by atoms with Crippen molar-refractivity contribution < 1.29 is 29.3 Å². The van der Waals surface area contributed by atoms with Crippen molar-refractivity contribution in [2.24, 2.45) is 0 Å². The van der Waals surface area contributed by atoms with Crippen molar-refractivity contribution in [1.82, 2.24) is 35.0 Å². The van der Waals surface area contributed by atoms with E-state index in [-0.39, 0.29) is 17.1 Å². The van der Waals surface area contributed by atoms with Crippen molar-refractivity contribution in [3.8, 4) is 17.1 Å². The Morgan fingerprint density at radius 1 is 0.833 bits per heavy atom. The van der Waals surface area contributed by atoms with Gasteiger partial charge in [-0.15, -0.1) is 0 Å². The van der Waals surface area contributed by atoms with Crippen LogP contribution in [0.3, 0.4) is 0 Å². The van der Waals surface area contributed by atoms with Crippen LogP contribution < -0.4 is 25.2 Å². The minimum Gasteiger partial charge on any atom is -0.480 e. The van der Waals surface area contributed by atoms with E-state index in [9.17, 15) is 24.6 Å². The number of carboxylic acid groups (broad SMARTS) is 2. The second kappa shape index (κ2) is 16.2. The highest BCUT2D eigenvalue weighted by atomic mass is 32.1. The largest absolute Gasteiger partial charge is 0.480 e. The number of amides is 1. The maximum atomic E-state index is 13.3. The Hall–Kier alpha value is -6.86. The second-order valence-electron chi connectivity index (χ2n) is 11.8. The van der Waals surface area contributed by atoms with E-state index in [1.807, 2.05) is 24.3 Å². The standard InChI is InChI=1S/C35H33N11O6S2/c1-43(24-10-3-7-21(15-24)31(47)38-23-9-5-12-26(17-23)45-19-37-39-34(45)53)29(32(48)49)30(33(50)51)44(2)25-11-6-14-28(18-25)52-20-36-22-8-4-13-27(16-22)46-35(54)40-41-42-46/h3-19,29-30,36H,20H2,1-2H3,(H,38,47)(H,39,53)(H,48,49)(H,50,51)(H,40,42,54). The average Bonchev–Trinajstić information content (AvgIpc) is 3.81. The lowest BCUT2D eigenvalue weighted by molar-refractivity contribution is -0.146. The van der Waals surface area contributed by atoms with Gasteiger partial charge in [0.15, 0.2) is 23.6 Å². The van der Waals surface area contributed by atoms with Gasteiger partial charge in [0.25, 0.3) is 5.91 Å². The molecule has 6 rings (SSSR count). The van der Waals surface area contributed by atoms with Crippen LogP contribution in [0.1, 0.15) is 10.4 Å². The van der Waals surface area contributed by atoms with Gasteiger partial charge in [-0.2, -0.15) is 10.3 Å². The number of nitrogens with one attached hydrogen (secondary N) is 4. The number of carbonyl (C=O) groups excluding carboxylic acids is 1. The summed E-state index contributed by atoms with van der Waals surface area (Å²) in [5.74, 6) is -2.81. The summed E-state index contributed by atoms with van der Waals surface area (Å²) in [7, 11) is 2.96. The number of rotatable bonds is 15. The van der Waals surface area contributed by atoms with Crippen LogP contribution >= 0.6 is 24.4 Å². The van der Waals surface area contributed by atoms with Crippen molar-refractivity contribution in [2.45, 2.75) is 12.1 Å². The highest BCUT2D eigenvalue weighted by Crippen LogP contribution is 2.27. The molecule has 0 saturated heterocycles. The van der Waals surface area contributed by atoms with E-state index in [2.05, 4.69) is 36.4 Å². The molecule has 2 atom stereocenters. The van der Waals surface area contributed by atoms with E-state index in [0.29, 0.717) is 39.0 Å². The van der Waals surface area contributed by atoms with E-state index in [1.54, 1.807) is 71.3 Å². The van der Waals surface area contributed by atoms with Crippen molar-refractivity contribution in [1.29, 1.82) is 0 Å². The summed E-state index contributed by atoms with van der Waals surface area (Å²) in [6.07, 6.45) is 1.52. The molecule has 6 aromatic rings. The quantitative estimate of drug-likeness (QED) is 0.0616. The molecule has 0 aliphatic carbocycles. The Morgan fingerprint density at radius 3 is 2.11 bits per heavy atom. The zero-order valence-electron chi connectivity index (χ0n) is 28.7. The smallest absolute Gasteiger partial charge is 0.329 e. The number of H-pyrrole nitrogens is 2. The predicted molar refractivity (Wildman–Crippen MR) is 205 cm³/mol. The zero-order chi connectivity index (χ0) is 38.4. The third kappa shape index (κ3) is 8.27. The SMILES string of the molecule is CN(c1cccc(OCNc2cccc(-n3[nH]nnc3=S)c2)c1)C(C(=O)O)C(C(=O)O)N(C)c1cccc(C(=O)Nc2cccc(-n3cn[nH]c3=S)c2)c1. The van der Waals surface area contributed by atoms with Crippen LogP contribution in [-0.4, -0.2) is 95.9 Å². The summed E-state index contributed by atoms with van der Waals surface area (Å²) < 4.78 is 9.75. The molecule has 0 fully saturated rings. The molecule has 1 amide bonds. The zero-order valence-corrected chi connectivity index (χ0v) is 30.3. The molecule has 276 valence electrons. The first kappa shape index (κ1) is 36.9. The molecule has 0 saturated carbocycles. The summed E-state index contributed by atoms with van der Waals surface area (Å²) in [6, 6.07) is 24.1. The Balaban J connectivity index is 1.15. The Bertz CT molecular complexity index is 2430. The molecule has 19 heteroatoms. The summed E-state index contributed by atoms with van der Waals surface area (Å²) in [5, 5.41) is 43.6. The molecule has 0 aliphatic heterocycles. The lowest BCUT2D eigenvalue weighted by Crippen LogP contribution is -2.57. The van der Waals surface area contributed by atoms with Gasteiger partial charge in [0, 0.05) is 48.5 Å². The van der Waals surface area contributed by atoms with Crippen LogP contribution in [0, 0.1) is 9.54 Å². The number of aromatic amines is 2. The van der Waals surface area contributed by atoms with Gasteiger partial charge < -0.3 is 35.4 Å². The molecule has 2 aromatic heterocycles. The van der Waals surface area contributed by atoms with Crippen LogP contribution in [0.15, 0.2) is 103 Å². The van der Waals surface area contributed by atoms with E-state index < -0.39 is 29.9 Å². The minimum absolute atomic E-state index is 0.0558. The topological polar surface area (TPSA) is 212 Å². The molecule has 0 aliphatic rings. The van der Waals surface area contributed by atoms with Crippen molar-refractivity contribution in [2.75, 3.05) is 41.3 Å². The van der Waals surface area contributed by atoms with Gasteiger partial charge in [-0.3, -0.25) is 14.5 Å². The summed E-state index contributed by atoms with van der Waals surface area (Å²) in [6.45, 7) is 0.0558. The van der Waals surface area contributed by atoms with Gasteiger partial charge >= 0.3 is 11.9 Å². The fourth-order valence-corrected chi connectivity index (χ4v) is 6.09. The number of hydrogen-bond acceptors (Lipinski definition) is 12. The number of carboxylic acids is 2. The first-order chi connectivity index (χ1) is 26.0. The normalized spacial score (nSPS) is 12.0. The average molecular weight is 768 g/mol. The third-order valence-electron chi connectivity index (χ3n) is 8.41. The fourth-order valence-electron chi connectivity index (χ4n) is 5.70. The molecular formula is C35H33N11O6S2. The lowest BCUT2D eigenvalue weighted by atomic mass is 10.0. The van der Waals surface area contributed by atoms with Gasteiger partial charge in [0.1, 0.15) is 12.1 Å². The number of carbonyl (C=O) groups is 3. The number of likely N-dealkylation sites (N-methyl/N-ethyl adjacent to an activating group) is 2. The fraction of sp³-hybridized carbons (Fsp3) is 0.143. The van der Waals surface area contributed by atoms with Gasteiger partial charge in [-0.25, -0.2) is 14.3 Å². The van der Waals surface area contributed by atoms with E-state index in [4.69, 9.17) is 29.2 Å². The number of ether oxygens (including phenoxy) is 1.